The van der Waals surface area contributed by atoms with E-state index in [1.165, 1.54) is 0 Å². The number of rotatable bonds is 2. The molecule has 1 aliphatic carbocycles. The second-order valence-electron chi connectivity index (χ2n) is 4.08. The quantitative estimate of drug-likeness (QED) is 0.880. The van der Waals surface area contributed by atoms with Crippen molar-refractivity contribution in [2.75, 3.05) is 0 Å². The molecule has 1 aromatic carbocycles. The van der Waals surface area contributed by atoms with Gasteiger partial charge in [-0.2, -0.15) is 0 Å². The maximum Gasteiger partial charge on any atom is 0.138 e. The van der Waals surface area contributed by atoms with Gasteiger partial charge in [0.15, 0.2) is 0 Å². The van der Waals surface area contributed by atoms with Gasteiger partial charge in [-0.15, -0.1) is 0 Å². The number of hydrogen-bond donors (Lipinski definition) is 1. The highest BCUT2D eigenvalue weighted by Crippen LogP contribution is 2.31. The van der Waals surface area contributed by atoms with E-state index < -0.39 is 0 Å². The van der Waals surface area contributed by atoms with E-state index in [2.05, 4.69) is 0 Å². The van der Waals surface area contributed by atoms with Crippen LogP contribution in [-0.4, -0.2) is 17.3 Å². The summed E-state index contributed by atoms with van der Waals surface area (Å²) in [7, 11) is 0. The molecule has 0 aliphatic heterocycles. The van der Waals surface area contributed by atoms with Crippen LogP contribution in [0, 0.1) is 0 Å². The van der Waals surface area contributed by atoms with E-state index in [0.717, 1.165) is 25.7 Å². The number of hydrogen-bond acceptors (Lipinski definition) is 2. The fraction of sp³-hybridized carbons (Fsp3) is 0.500. The molecule has 0 aromatic heterocycles. The van der Waals surface area contributed by atoms with Crippen molar-refractivity contribution in [3.05, 3.63) is 28.2 Å². The van der Waals surface area contributed by atoms with Crippen molar-refractivity contribution in [3.8, 4) is 5.75 Å². The van der Waals surface area contributed by atoms with Crippen molar-refractivity contribution < 1.29 is 9.84 Å². The standard InChI is InChI=1S/C12H14Cl2O2/c13-8-5-6-11(9(14)7-8)16-12-4-2-1-3-10(12)15/h5-7,10,12,15H,1-4H2/t10-,12-/m1/s1. The molecule has 0 heterocycles. The largest absolute Gasteiger partial charge is 0.486 e. The van der Waals surface area contributed by atoms with Crippen molar-refractivity contribution in [1.29, 1.82) is 0 Å². The average Bonchev–Trinajstić information content (AvgIpc) is 2.25. The lowest BCUT2D eigenvalue weighted by atomic mass is 9.95. The molecule has 0 unspecified atom stereocenters. The monoisotopic (exact) mass is 260 g/mol. The van der Waals surface area contributed by atoms with Gasteiger partial charge < -0.3 is 9.84 Å². The van der Waals surface area contributed by atoms with Crippen LogP contribution < -0.4 is 4.74 Å². The highest BCUT2D eigenvalue weighted by Gasteiger charge is 2.25. The molecule has 1 fully saturated rings. The first kappa shape index (κ1) is 12.0. The fourth-order valence-electron chi connectivity index (χ4n) is 1.95. The molecule has 2 atom stereocenters. The minimum Gasteiger partial charge on any atom is -0.486 e. The summed E-state index contributed by atoms with van der Waals surface area (Å²) in [6, 6.07) is 5.12. The topological polar surface area (TPSA) is 29.5 Å². The van der Waals surface area contributed by atoms with Crippen LogP contribution in [0.1, 0.15) is 25.7 Å². The predicted molar refractivity (Wildman–Crippen MR) is 65.4 cm³/mol. The van der Waals surface area contributed by atoms with Crippen LogP contribution in [0.5, 0.6) is 5.75 Å². The zero-order valence-corrected chi connectivity index (χ0v) is 10.3. The molecule has 1 saturated carbocycles. The van der Waals surface area contributed by atoms with E-state index in [-0.39, 0.29) is 12.2 Å². The van der Waals surface area contributed by atoms with Gasteiger partial charge in [0.2, 0.25) is 0 Å². The van der Waals surface area contributed by atoms with Gasteiger partial charge in [0.25, 0.3) is 0 Å². The summed E-state index contributed by atoms with van der Waals surface area (Å²) in [4.78, 5) is 0. The third-order valence-electron chi connectivity index (χ3n) is 2.84. The van der Waals surface area contributed by atoms with Crippen LogP contribution >= 0.6 is 23.2 Å². The summed E-state index contributed by atoms with van der Waals surface area (Å²) < 4.78 is 5.71. The molecule has 88 valence electrons. The highest BCUT2D eigenvalue weighted by atomic mass is 35.5. The Hall–Kier alpha value is -0.440. The smallest absolute Gasteiger partial charge is 0.138 e. The van der Waals surface area contributed by atoms with Gasteiger partial charge in [-0.3, -0.25) is 0 Å². The van der Waals surface area contributed by atoms with Crippen LogP contribution in [0.2, 0.25) is 10.0 Å². The molecule has 1 N–H and O–H groups in total. The molecule has 0 amide bonds. The van der Waals surface area contributed by atoms with E-state index in [9.17, 15) is 5.11 Å². The maximum absolute atomic E-state index is 9.78. The minimum atomic E-state index is -0.388. The lowest BCUT2D eigenvalue weighted by Gasteiger charge is -2.28. The predicted octanol–water partition coefficient (Wildman–Crippen LogP) is 3.68. The molecular formula is C12H14Cl2O2. The molecule has 2 rings (SSSR count). The Morgan fingerprint density at radius 2 is 1.94 bits per heavy atom. The first-order valence-electron chi connectivity index (χ1n) is 5.46. The molecule has 16 heavy (non-hydrogen) atoms. The summed E-state index contributed by atoms with van der Waals surface area (Å²) in [5.74, 6) is 0.594. The summed E-state index contributed by atoms with van der Waals surface area (Å²) >= 11 is 11.8. The van der Waals surface area contributed by atoms with Gasteiger partial charge in [-0.1, -0.05) is 29.6 Å². The lowest BCUT2D eigenvalue weighted by Crippen LogP contribution is -2.34. The molecule has 0 radical (unpaired) electrons. The molecule has 4 heteroatoms. The van der Waals surface area contributed by atoms with Crippen LogP contribution in [0.4, 0.5) is 0 Å². The molecule has 0 bridgehead atoms. The van der Waals surface area contributed by atoms with E-state index in [1.54, 1.807) is 18.2 Å². The molecule has 1 aromatic rings. The van der Waals surface area contributed by atoms with Crippen LogP contribution in [0.15, 0.2) is 18.2 Å². The Morgan fingerprint density at radius 1 is 1.19 bits per heavy atom. The normalized spacial score (nSPS) is 25.4. The zero-order chi connectivity index (χ0) is 11.5. The number of benzene rings is 1. The Kier molecular flexibility index (Phi) is 3.95. The molecule has 1 aliphatic rings. The van der Waals surface area contributed by atoms with E-state index in [1.807, 2.05) is 0 Å². The van der Waals surface area contributed by atoms with Crippen molar-refractivity contribution in [1.82, 2.24) is 0 Å². The van der Waals surface area contributed by atoms with Gasteiger partial charge in [-0.05, 0) is 37.5 Å². The first-order valence-corrected chi connectivity index (χ1v) is 6.22. The Morgan fingerprint density at radius 3 is 2.62 bits per heavy atom. The summed E-state index contributed by atoms with van der Waals surface area (Å²) in [5.41, 5.74) is 0. The third kappa shape index (κ3) is 2.82. The van der Waals surface area contributed by atoms with Crippen molar-refractivity contribution in [3.63, 3.8) is 0 Å². The molecule has 0 spiro atoms. The number of aliphatic hydroxyl groups excluding tert-OH is 1. The van der Waals surface area contributed by atoms with Crippen LogP contribution in [0.25, 0.3) is 0 Å². The van der Waals surface area contributed by atoms with Gasteiger partial charge in [0, 0.05) is 5.02 Å². The van der Waals surface area contributed by atoms with Crippen molar-refractivity contribution >= 4 is 23.2 Å². The summed E-state index contributed by atoms with van der Waals surface area (Å²) in [5, 5.41) is 10.9. The Bertz CT molecular complexity index is 368. The Balaban J connectivity index is 2.07. The van der Waals surface area contributed by atoms with E-state index >= 15 is 0 Å². The lowest BCUT2D eigenvalue weighted by molar-refractivity contribution is 0.00693. The minimum absolute atomic E-state index is 0.146. The molecular weight excluding hydrogens is 247 g/mol. The molecule has 2 nitrogen and oxygen atoms in total. The van der Waals surface area contributed by atoms with Crippen molar-refractivity contribution in [2.24, 2.45) is 0 Å². The average molecular weight is 261 g/mol. The maximum atomic E-state index is 9.78. The second kappa shape index (κ2) is 5.26. The number of aliphatic hydroxyl groups is 1. The van der Waals surface area contributed by atoms with E-state index in [4.69, 9.17) is 27.9 Å². The zero-order valence-electron chi connectivity index (χ0n) is 8.83. The van der Waals surface area contributed by atoms with Crippen LogP contribution in [0.3, 0.4) is 0 Å². The summed E-state index contributed by atoms with van der Waals surface area (Å²) in [6.45, 7) is 0. The van der Waals surface area contributed by atoms with Gasteiger partial charge in [0.1, 0.15) is 11.9 Å². The number of ether oxygens (including phenoxy) is 1. The SMILES string of the molecule is O[C@@H]1CCCC[C@H]1Oc1ccc(Cl)cc1Cl. The van der Waals surface area contributed by atoms with Gasteiger partial charge >= 0.3 is 0 Å². The third-order valence-corrected chi connectivity index (χ3v) is 3.37. The first-order chi connectivity index (χ1) is 7.66. The summed E-state index contributed by atoms with van der Waals surface area (Å²) in [6.07, 6.45) is 3.30. The van der Waals surface area contributed by atoms with Crippen LogP contribution in [-0.2, 0) is 0 Å². The van der Waals surface area contributed by atoms with E-state index in [0.29, 0.717) is 15.8 Å². The highest BCUT2D eigenvalue weighted by molar-refractivity contribution is 6.35. The molecule has 0 saturated heterocycles. The second-order valence-corrected chi connectivity index (χ2v) is 4.93. The fourth-order valence-corrected chi connectivity index (χ4v) is 2.40. The van der Waals surface area contributed by atoms with Gasteiger partial charge in [-0.25, -0.2) is 0 Å². The van der Waals surface area contributed by atoms with Crippen molar-refractivity contribution in [2.45, 2.75) is 37.9 Å². The van der Waals surface area contributed by atoms with Gasteiger partial charge in [0.05, 0.1) is 11.1 Å². The Labute approximate surface area is 105 Å². The number of halogens is 2.